The lowest BCUT2D eigenvalue weighted by Gasteiger charge is -2.21. The predicted octanol–water partition coefficient (Wildman–Crippen LogP) is 3.26. The van der Waals surface area contributed by atoms with Gasteiger partial charge >= 0.3 is 0 Å². The molecule has 20 heavy (non-hydrogen) atoms. The van der Waals surface area contributed by atoms with E-state index in [4.69, 9.17) is 5.10 Å². The van der Waals surface area contributed by atoms with Crippen molar-refractivity contribution in [1.82, 2.24) is 14.9 Å². The SMILES string of the molecule is Cc1cc(C)c(C2=Nn3c(C)nnc3S[C@H]2C)cc1C. The molecule has 0 amide bonds. The van der Waals surface area contributed by atoms with Gasteiger partial charge in [0.15, 0.2) is 5.82 Å². The maximum Gasteiger partial charge on any atom is 0.212 e. The molecule has 0 radical (unpaired) electrons. The lowest BCUT2D eigenvalue weighted by atomic mass is 9.96. The van der Waals surface area contributed by atoms with Gasteiger partial charge in [-0.3, -0.25) is 0 Å². The van der Waals surface area contributed by atoms with Gasteiger partial charge in [0.25, 0.3) is 0 Å². The summed E-state index contributed by atoms with van der Waals surface area (Å²) < 4.78 is 1.84. The molecule has 0 saturated carbocycles. The summed E-state index contributed by atoms with van der Waals surface area (Å²) in [6, 6.07) is 4.48. The molecule has 0 bridgehead atoms. The van der Waals surface area contributed by atoms with Crippen LogP contribution in [0.2, 0.25) is 0 Å². The molecule has 3 rings (SSSR count). The fraction of sp³-hybridized carbons (Fsp3) is 0.400. The number of hydrogen-bond acceptors (Lipinski definition) is 4. The van der Waals surface area contributed by atoms with E-state index < -0.39 is 0 Å². The van der Waals surface area contributed by atoms with Crippen LogP contribution in [0, 0.1) is 27.7 Å². The van der Waals surface area contributed by atoms with Crippen LogP contribution in [0.4, 0.5) is 0 Å². The van der Waals surface area contributed by atoms with Gasteiger partial charge in [0.05, 0.1) is 11.0 Å². The van der Waals surface area contributed by atoms with Crippen LogP contribution in [-0.2, 0) is 0 Å². The van der Waals surface area contributed by atoms with E-state index in [0.717, 1.165) is 16.7 Å². The van der Waals surface area contributed by atoms with E-state index >= 15 is 0 Å². The maximum atomic E-state index is 4.78. The average molecular weight is 286 g/mol. The zero-order valence-corrected chi connectivity index (χ0v) is 13.2. The lowest BCUT2D eigenvalue weighted by Crippen LogP contribution is -2.23. The summed E-state index contributed by atoms with van der Waals surface area (Å²) in [7, 11) is 0. The third-order valence-electron chi connectivity index (χ3n) is 3.76. The van der Waals surface area contributed by atoms with Crippen molar-refractivity contribution in [3.63, 3.8) is 0 Å². The Kier molecular flexibility index (Phi) is 3.17. The molecule has 1 aliphatic rings. The number of hydrogen-bond donors (Lipinski definition) is 0. The topological polar surface area (TPSA) is 43.1 Å². The van der Waals surface area contributed by atoms with Gasteiger partial charge in [-0.2, -0.15) is 9.78 Å². The molecule has 0 aliphatic carbocycles. The van der Waals surface area contributed by atoms with Crippen LogP contribution >= 0.6 is 11.8 Å². The molecular formula is C15H18N4S. The number of nitrogens with zero attached hydrogens (tertiary/aromatic N) is 4. The van der Waals surface area contributed by atoms with Gasteiger partial charge in [0.1, 0.15) is 0 Å². The Bertz CT molecular complexity index is 715. The fourth-order valence-electron chi connectivity index (χ4n) is 2.44. The molecule has 4 nitrogen and oxygen atoms in total. The molecule has 0 saturated heterocycles. The number of benzene rings is 1. The van der Waals surface area contributed by atoms with Crippen LogP contribution in [0.5, 0.6) is 0 Å². The van der Waals surface area contributed by atoms with Crippen LogP contribution in [0.3, 0.4) is 0 Å². The third kappa shape index (κ3) is 2.06. The highest BCUT2D eigenvalue weighted by Gasteiger charge is 2.25. The van der Waals surface area contributed by atoms with Crippen LogP contribution in [0.25, 0.3) is 0 Å². The lowest BCUT2D eigenvalue weighted by molar-refractivity contribution is 0.727. The van der Waals surface area contributed by atoms with Crippen LogP contribution in [0.1, 0.15) is 35.0 Å². The highest BCUT2D eigenvalue weighted by atomic mass is 32.2. The van der Waals surface area contributed by atoms with E-state index in [9.17, 15) is 0 Å². The summed E-state index contributed by atoms with van der Waals surface area (Å²) in [6.45, 7) is 10.5. The molecule has 5 heteroatoms. The van der Waals surface area contributed by atoms with Crippen LogP contribution in [-0.4, -0.2) is 25.8 Å². The number of aryl methyl sites for hydroxylation is 4. The minimum absolute atomic E-state index is 0.284. The molecule has 2 aromatic rings. The van der Waals surface area contributed by atoms with E-state index in [1.165, 1.54) is 22.3 Å². The smallest absolute Gasteiger partial charge is 0.191 e. The highest BCUT2D eigenvalue weighted by Crippen LogP contribution is 2.31. The Hall–Kier alpha value is -1.62. The first-order valence-corrected chi connectivity index (χ1v) is 7.61. The Morgan fingerprint density at radius 2 is 1.70 bits per heavy atom. The van der Waals surface area contributed by atoms with E-state index in [-0.39, 0.29) is 5.25 Å². The first kappa shape index (κ1) is 13.4. The molecule has 1 aliphatic heterocycles. The second kappa shape index (κ2) is 4.74. The summed E-state index contributed by atoms with van der Waals surface area (Å²) in [5.41, 5.74) is 6.23. The van der Waals surface area contributed by atoms with Gasteiger partial charge in [0.2, 0.25) is 5.16 Å². The van der Waals surface area contributed by atoms with Gasteiger partial charge in [-0.15, -0.1) is 10.2 Å². The molecule has 1 aromatic carbocycles. The minimum Gasteiger partial charge on any atom is -0.191 e. The van der Waals surface area contributed by atoms with Gasteiger partial charge in [-0.1, -0.05) is 17.8 Å². The maximum absolute atomic E-state index is 4.78. The van der Waals surface area contributed by atoms with Gasteiger partial charge in [-0.05, 0) is 57.4 Å². The quantitative estimate of drug-likeness (QED) is 0.808. The molecule has 1 aromatic heterocycles. The molecule has 104 valence electrons. The second-order valence-electron chi connectivity index (χ2n) is 5.34. The number of rotatable bonds is 1. The van der Waals surface area contributed by atoms with Crippen LogP contribution in [0.15, 0.2) is 22.4 Å². The Labute approximate surface area is 123 Å². The molecule has 0 fully saturated rings. The van der Waals surface area contributed by atoms with Crippen molar-refractivity contribution in [2.24, 2.45) is 5.10 Å². The van der Waals surface area contributed by atoms with Gasteiger partial charge in [-0.25, -0.2) is 0 Å². The third-order valence-corrected chi connectivity index (χ3v) is 4.80. The largest absolute Gasteiger partial charge is 0.212 e. The van der Waals surface area contributed by atoms with Crippen molar-refractivity contribution in [3.05, 3.63) is 40.2 Å². The van der Waals surface area contributed by atoms with Crippen LogP contribution < -0.4 is 0 Å². The van der Waals surface area contributed by atoms with Crippen molar-refractivity contribution in [1.29, 1.82) is 0 Å². The number of aromatic nitrogens is 3. The summed E-state index contributed by atoms with van der Waals surface area (Å²) in [6.07, 6.45) is 0. The van der Waals surface area contributed by atoms with E-state index in [1.807, 2.05) is 11.6 Å². The zero-order valence-electron chi connectivity index (χ0n) is 12.4. The van der Waals surface area contributed by atoms with E-state index in [0.29, 0.717) is 0 Å². The monoisotopic (exact) mass is 286 g/mol. The Morgan fingerprint density at radius 3 is 2.45 bits per heavy atom. The van der Waals surface area contributed by atoms with Crippen molar-refractivity contribution >= 4 is 17.5 Å². The highest BCUT2D eigenvalue weighted by molar-refractivity contribution is 8.00. The van der Waals surface area contributed by atoms with Crippen molar-refractivity contribution in [2.75, 3.05) is 0 Å². The molecule has 0 N–H and O–H groups in total. The molecule has 1 atom stereocenters. The Balaban J connectivity index is 2.17. The molecule has 2 heterocycles. The standard InChI is InChI=1S/C15H18N4S/c1-8-6-10(3)13(7-9(8)2)14-11(4)20-15-17-16-12(5)19(15)18-14/h6-7,11H,1-5H3/t11-/m0/s1. The van der Waals surface area contributed by atoms with Crippen molar-refractivity contribution in [3.8, 4) is 0 Å². The molecule has 0 spiro atoms. The normalized spacial score (nSPS) is 17.9. The number of fused-ring (bicyclic) bond motifs is 1. The zero-order chi connectivity index (χ0) is 14.4. The summed E-state index contributed by atoms with van der Waals surface area (Å²) in [4.78, 5) is 0. The van der Waals surface area contributed by atoms with Crippen molar-refractivity contribution < 1.29 is 0 Å². The second-order valence-corrected chi connectivity index (χ2v) is 6.65. The van der Waals surface area contributed by atoms with Gasteiger partial charge in [0, 0.05) is 5.56 Å². The van der Waals surface area contributed by atoms with Gasteiger partial charge < -0.3 is 0 Å². The van der Waals surface area contributed by atoms with Crippen molar-refractivity contribution in [2.45, 2.75) is 45.0 Å². The summed E-state index contributed by atoms with van der Waals surface area (Å²) in [5, 5.41) is 14.2. The molecule has 0 unspecified atom stereocenters. The average Bonchev–Trinajstić information content (AvgIpc) is 2.74. The number of thioether (sulfide) groups is 1. The predicted molar refractivity (Wildman–Crippen MR) is 82.7 cm³/mol. The van der Waals surface area contributed by atoms with E-state index in [1.54, 1.807) is 11.8 Å². The first-order valence-electron chi connectivity index (χ1n) is 6.73. The molecular weight excluding hydrogens is 268 g/mol. The Morgan fingerprint density at radius 1 is 1.00 bits per heavy atom. The van der Waals surface area contributed by atoms with E-state index in [2.05, 4.69) is 50.0 Å². The fourth-order valence-corrected chi connectivity index (χ4v) is 3.40. The first-order chi connectivity index (χ1) is 9.47. The minimum atomic E-state index is 0.284. The summed E-state index contributed by atoms with van der Waals surface area (Å²) in [5.74, 6) is 0.832. The summed E-state index contributed by atoms with van der Waals surface area (Å²) >= 11 is 1.71.